The molecule has 1 unspecified atom stereocenters. The molecule has 0 aliphatic carbocycles. The van der Waals surface area contributed by atoms with Crippen LogP contribution in [0.5, 0.6) is 0 Å². The van der Waals surface area contributed by atoms with Crippen LogP contribution in [0, 0.1) is 0 Å². The normalized spacial score (nSPS) is 27.0. The van der Waals surface area contributed by atoms with Crippen LogP contribution < -0.4 is 34.7 Å². The monoisotopic (exact) mass is 370 g/mol. The van der Waals surface area contributed by atoms with E-state index in [0.29, 0.717) is 10.1 Å². The molecule has 2 aliphatic heterocycles. The van der Waals surface area contributed by atoms with Crippen molar-refractivity contribution in [3.8, 4) is 0 Å². The van der Waals surface area contributed by atoms with Gasteiger partial charge in [0.1, 0.15) is 18.6 Å². The van der Waals surface area contributed by atoms with Gasteiger partial charge >= 0.3 is 35.5 Å². The second-order valence-corrected chi connectivity index (χ2v) is 5.53. The number of carbonyl (C=O) groups is 3. The molecule has 23 heavy (non-hydrogen) atoms. The molecule has 0 radical (unpaired) electrons. The van der Waals surface area contributed by atoms with Crippen molar-refractivity contribution in [1.82, 2.24) is 9.96 Å². The summed E-state index contributed by atoms with van der Waals surface area (Å²) in [6.07, 6.45) is 0.976. The summed E-state index contributed by atoms with van der Waals surface area (Å²) < 4.78 is 4.80. The van der Waals surface area contributed by atoms with Crippen LogP contribution in [-0.2, 0) is 24.0 Å². The van der Waals surface area contributed by atoms with Crippen LogP contribution in [0.2, 0.25) is 0 Å². The SMILES string of the molecule is CC(=S)N(C=CCl)[C@H]1CON(C2(C(=O)[O-])CCC(=O)O2)C1=O.[Na+]. The number of thiocarbonyl (C=S) groups is 1. The molecule has 0 N–H and O–H groups in total. The molecule has 0 aromatic carbocycles. The van der Waals surface area contributed by atoms with Gasteiger partial charge < -0.3 is 19.5 Å². The van der Waals surface area contributed by atoms with E-state index in [1.54, 1.807) is 6.92 Å². The Morgan fingerprint density at radius 3 is 2.65 bits per heavy atom. The van der Waals surface area contributed by atoms with Gasteiger partial charge in [-0.15, -0.1) is 0 Å². The van der Waals surface area contributed by atoms with E-state index in [4.69, 9.17) is 33.4 Å². The minimum Gasteiger partial charge on any atom is -0.544 e. The third-order valence-electron chi connectivity index (χ3n) is 3.36. The van der Waals surface area contributed by atoms with Crippen LogP contribution >= 0.6 is 23.8 Å². The maximum atomic E-state index is 12.5. The van der Waals surface area contributed by atoms with Crippen molar-refractivity contribution in [2.45, 2.75) is 31.5 Å². The predicted octanol–water partition coefficient (Wildman–Crippen LogP) is -3.72. The van der Waals surface area contributed by atoms with E-state index in [-0.39, 0.29) is 49.0 Å². The van der Waals surface area contributed by atoms with Gasteiger partial charge in [0.2, 0.25) is 0 Å². The van der Waals surface area contributed by atoms with Crippen LogP contribution in [0.4, 0.5) is 0 Å². The van der Waals surface area contributed by atoms with E-state index in [2.05, 4.69) is 0 Å². The van der Waals surface area contributed by atoms with Gasteiger partial charge in [0.15, 0.2) is 0 Å². The Labute approximate surface area is 164 Å². The molecule has 11 heteroatoms. The smallest absolute Gasteiger partial charge is 0.544 e. The van der Waals surface area contributed by atoms with Crippen LogP contribution in [0.15, 0.2) is 11.7 Å². The Balaban J connectivity index is 0.00000264. The number of carboxylic acids is 1. The van der Waals surface area contributed by atoms with E-state index >= 15 is 0 Å². The minimum absolute atomic E-state index is 0. The number of amides is 1. The summed E-state index contributed by atoms with van der Waals surface area (Å²) in [7, 11) is 0. The Kier molecular flexibility index (Phi) is 6.99. The standard InChI is InChI=1S/C12H13ClN2O6S.Na/c1-7(22)14(5-4-13)8-6-20-15(10(8)17)12(11(18)19)3-2-9(16)21-12;/h4-5,8H,2-3,6H2,1H3,(H,18,19);/q;+1/p-1/t8-,12?;/m0./s1. The first-order chi connectivity index (χ1) is 10.3. The summed E-state index contributed by atoms with van der Waals surface area (Å²) in [6, 6.07) is -0.900. The number of aliphatic carboxylic acids is 1. The maximum absolute atomic E-state index is 12.5. The fourth-order valence-electron chi connectivity index (χ4n) is 2.32. The average molecular weight is 371 g/mol. The number of esters is 1. The molecule has 2 saturated heterocycles. The van der Waals surface area contributed by atoms with Crippen molar-refractivity contribution in [1.29, 1.82) is 0 Å². The van der Waals surface area contributed by atoms with Gasteiger partial charge in [0.05, 0.1) is 11.4 Å². The molecule has 8 nitrogen and oxygen atoms in total. The molecule has 0 saturated carbocycles. The maximum Gasteiger partial charge on any atom is 1.00 e. The first kappa shape index (κ1) is 20.3. The minimum atomic E-state index is -2.24. The zero-order chi connectivity index (χ0) is 16.5. The molecule has 2 atom stereocenters. The summed E-state index contributed by atoms with van der Waals surface area (Å²) >= 11 is 10.5. The van der Waals surface area contributed by atoms with Crippen molar-refractivity contribution in [2.75, 3.05) is 6.61 Å². The predicted molar refractivity (Wildman–Crippen MR) is 74.8 cm³/mol. The second-order valence-electron chi connectivity index (χ2n) is 4.69. The molecule has 2 aliphatic rings. The summed E-state index contributed by atoms with van der Waals surface area (Å²) in [4.78, 5) is 42.0. The van der Waals surface area contributed by atoms with E-state index in [1.165, 1.54) is 11.1 Å². The second kappa shape index (κ2) is 7.91. The van der Waals surface area contributed by atoms with Crippen molar-refractivity contribution in [3.63, 3.8) is 0 Å². The molecule has 2 fully saturated rings. The van der Waals surface area contributed by atoms with Crippen molar-refractivity contribution < 1.29 is 58.6 Å². The molecule has 1 amide bonds. The summed E-state index contributed by atoms with van der Waals surface area (Å²) in [5.41, 5.74) is -1.08. The number of carbonyl (C=O) groups excluding carboxylic acids is 3. The van der Waals surface area contributed by atoms with Gasteiger partial charge in [-0.1, -0.05) is 23.8 Å². The first-order valence-corrected chi connectivity index (χ1v) is 7.14. The van der Waals surface area contributed by atoms with Gasteiger partial charge in [-0.25, -0.2) is 0 Å². The molecule has 0 spiro atoms. The molecule has 2 rings (SSSR count). The Hall–Kier alpha value is -0.710. The number of hydrogen-bond donors (Lipinski definition) is 0. The number of ether oxygens (including phenoxy) is 1. The van der Waals surface area contributed by atoms with Gasteiger partial charge in [0.25, 0.3) is 11.6 Å². The zero-order valence-corrected chi connectivity index (χ0v) is 16.1. The number of hydroxylamine groups is 2. The number of carboxylic acid groups (broad SMARTS) is 1. The fourth-order valence-corrected chi connectivity index (χ4v) is 2.63. The Morgan fingerprint density at radius 1 is 1.57 bits per heavy atom. The number of halogens is 1. The number of nitrogens with zero attached hydrogens (tertiary/aromatic N) is 2. The number of hydrogen-bond acceptors (Lipinski definition) is 7. The third-order valence-corrected chi connectivity index (χ3v) is 3.68. The topological polar surface area (TPSA) is 99.2 Å². The van der Waals surface area contributed by atoms with E-state index in [0.717, 1.165) is 5.54 Å². The summed E-state index contributed by atoms with van der Waals surface area (Å²) in [6.45, 7) is 1.41. The average Bonchev–Trinajstić information content (AvgIpc) is 3.00. The van der Waals surface area contributed by atoms with Crippen molar-refractivity contribution in [3.05, 3.63) is 11.7 Å². The van der Waals surface area contributed by atoms with Crippen LogP contribution in [0.25, 0.3) is 0 Å². The molecule has 0 bridgehead atoms. The molecule has 2 heterocycles. The van der Waals surface area contributed by atoms with Crippen LogP contribution in [0.1, 0.15) is 19.8 Å². The number of rotatable bonds is 4. The van der Waals surface area contributed by atoms with Gasteiger partial charge in [0, 0.05) is 18.2 Å². The molecular weight excluding hydrogens is 359 g/mol. The Bertz CT molecular complexity index is 574. The van der Waals surface area contributed by atoms with Crippen LogP contribution in [-0.4, -0.2) is 51.2 Å². The summed E-state index contributed by atoms with van der Waals surface area (Å²) in [5, 5.41) is 11.9. The van der Waals surface area contributed by atoms with Crippen LogP contribution in [0.3, 0.4) is 0 Å². The van der Waals surface area contributed by atoms with Gasteiger partial charge in [-0.05, 0) is 6.92 Å². The van der Waals surface area contributed by atoms with Crippen molar-refractivity contribution in [2.24, 2.45) is 0 Å². The van der Waals surface area contributed by atoms with E-state index < -0.39 is 29.6 Å². The summed E-state index contributed by atoms with van der Waals surface area (Å²) in [5.74, 6) is -3.17. The molecular formula is C12H12ClN2NaO6S. The quantitative estimate of drug-likeness (QED) is 0.283. The Morgan fingerprint density at radius 2 is 2.22 bits per heavy atom. The van der Waals surface area contributed by atoms with Gasteiger partial charge in [-0.2, -0.15) is 5.06 Å². The third kappa shape index (κ3) is 3.70. The van der Waals surface area contributed by atoms with Gasteiger partial charge in [-0.3, -0.25) is 14.4 Å². The fraction of sp³-hybridized carbons (Fsp3) is 0.500. The molecule has 0 aromatic rings. The van der Waals surface area contributed by atoms with E-state index in [1.807, 2.05) is 0 Å². The van der Waals surface area contributed by atoms with Crippen molar-refractivity contribution >= 4 is 46.7 Å². The number of cyclic esters (lactones) is 1. The zero-order valence-electron chi connectivity index (χ0n) is 12.5. The van der Waals surface area contributed by atoms with E-state index in [9.17, 15) is 19.5 Å². The molecule has 120 valence electrons. The molecule has 0 aromatic heterocycles. The largest absolute Gasteiger partial charge is 1.00 e. The first-order valence-electron chi connectivity index (χ1n) is 6.29.